The molecule has 4 heteroatoms. The lowest BCUT2D eigenvalue weighted by Crippen LogP contribution is -2.34. The van der Waals surface area contributed by atoms with E-state index < -0.39 is 0 Å². The average Bonchev–Trinajstić information content (AvgIpc) is 2.45. The number of aromatic nitrogens is 1. The summed E-state index contributed by atoms with van der Waals surface area (Å²) in [5.74, 6) is 0.844. The summed E-state index contributed by atoms with van der Waals surface area (Å²) in [6.07, 6.45) is 1.82. The molecule has 1 aromatic heterocycles. The number of rotatable bonds is 6. The quantitative estimate of drug-likeness (QED) is 0.849. The molecule has 0 aliphatic heterocycles. The van der Waals surface area contributed by atoms with Crippen LogP contribution in [0.4, 0.5) is 5.69 Å². The van der Waals surface area contributed by atoms with Crippen LogP contribution in [0.15, 0.2) is 30.5 Å². The number of pyridine rings is 1. The van der Waals surface area contributed by atoms with Crippen LogP contribution in [0.1, 0.15) is 20.8 Å². The maximum Gasteiger partial charge on any atom is 0.121 e. The first-order valence-corrected chi connectivity index (χ1v) is 7.03. The smallest absolute Gasteiger partial charge is 0.121 e. The molecule has 0 aliphatic rings. The number of hydrogen-bond acceptors (Lipinski definition) is 4. The van der Waals surface area contributed by atoms with Crippen molar-refractivity contribution in [2.24, 2.45) is 0 Å². The van der Waals surface area contributed by atoms with Gasteiger partial charge >= 0.3 is 0 Å². The normalized spacial score (nSPS) is 12.7. The van der Waals surface area contributed by atoms with Crippen LogP contribution in [-0.2, 0) is 0 Å². The van der Waals surface area contributed by atoms with Gasteiger partial charge in [0.15, 0.2) is 0 Å². The lowest BCUT2D eigenvalue weighted by Gasteiger charge is -2.19. The Morgan fingerprint density at radius 1 is 1.25 bits per heavy atom. The Morgan fingerprint density at radius 2 is 2.05 bits per heavy atom. The topological polar surface area (TPSA) is 46.2 Å². The van der Waals surface area contributed by atoms with Crippen LogP contribution in [0.2, 0.25) is 0 Å². The SMILES string of the molecule is COc1cc(NC(C)CNC(C)C)c2ncccc2c1. The summed E-state index contributed by atoms with van der Waals surface area (Å²) in [5, 5.41) is 8.02. The van der Waals surface area contributed by atoms with Gasteiger partial charge in [0.1, 0.15) is 5.75 Å². The average molecular weight is 273 g/mol. The molecule has 1 atom stereocenters. The largest absolute Gasteiger partial charge is 0.497 e. The van der Waals surface area contributed by atoms with Crippen LogP contribution >= 0.6 is 0 Å². The van der Waals surface area contributed by atoms with Gasteiger partial charge in [-0.25, -0.2) is 0 Å². The van der Waals surface area contributed by atoms with Crippen molar-refractivity contribution in [3.63, 3.8) is 0 Å². The molecule has 0 bridgehead atoms. The van der Waals surface area contributed by atoms with E-state index in [4.69, 9.17) is 4.74 Å². The predicted octanol–water partition coefficient (Wildman–Crippen LogP) is 3.04. The Labute approximate surface area is 120 Å². The minimum absolute atomic E-state index is 0.315. The van der Waals surface area contributed by atoms with Gasteiger partial charge in [0, 0.05) is 36.3 Å². The zero-order valence-corrected chi connectivity index (χ0v) is 12.6. The Kier molecular flexibility index (Phi) is 4.79. The molecule has 2 aromatic rings. The maximum atomic E-state index is 5.36. The summed E-state index contributed by atoms with van der Waals surface area (Å²) < 4.78 is 5.36. The molecule has 0 spiro atoms. The van der Waals surface area contributed by atoms with Gasteiger partial charge in [-0.2, -0.15) is 0 Å². The fraction of sp³-hybridized carbons (Fsp3) is 0.438. The van der Waals surface area contributed by atoms with Gasteiger partial charge in [0.2, 0.25) is 0 Å². The fourth-order valence-electron chi connectivity index (χ4n) is 2.12. The summed E-state index contributed by atoms with van der Waals surface area (Å²) in [7, 11) is 1.69. The number of methoxy groups -OCH3 is 1. The van der Waals surface area contributed by atoms with Crippen molar-refractivity contribution in [3.8, 4) is 5.75 Å². The van der Waals surface area contributed by atoms with Crippen molar-refractivity contribution in [1.29, 1.82) is 0 Å². The fourth-order valence-corrected chi connectivity index (χ4v) is 2.12. The van der Waals surface area contributed by atoms with E-state index in [1.54, 1.807) is 7.11 Å². The standard InChI is InChI=1S/C16H23N3O/c1-11(2)18-10-12(3)19-15-9-14(20-4)8-13-6-5-7-17-16(13)15/h5-9,11-12,18-19H,10H2,1-4H3. The molecule has 108 valence electrons. The molecule has 20 heavy (non-hydrogen) atoms. The molecule has 0 amide bonds. The Bertz CT molecular complexity index is 569. The van der Waals surface area contributed by atoms with Gasteiger partial charge in [0.25, 0.3) is 0 Å². The van der Waals surface area contributed by atoms with E-state index in [9.17, 15) is 0 Å². The van der Waals surface area contributed by atoms with Gasteiger partial charge in [-0.15, -0.1) is 0 Å². The second kappa shape index (κ2) is 6.57. The molecule has 2 N–H and O–H groups in total. The van der Waals surface area contributed by atoms with Gasteiger partial charge in [0.05, 0.1) is 18.3 Å². The highest BCUT2D eigenvalue weighted by atomic mass is 16.5. The lowest BCUT2D eigenvalue weighted by molar-refractivity contribution is 0.415. The second-order valence-electron chi connectivity index (χ2n) is 5.36. The predicted molar refractivity (Wildman–Crippen MR) is 84.5 cm³/mol. The van der Waals surface area contributed by atoms with Crippen molar-refractivity contribution in [1.82, 2.24) is 10.3 Å². The summed E-state index contributed by atoms with van der Waals surface area (Å²) in [5.41, 5.74) is 1.99. The van der Waals surface area contributed by atoms with E-state index in [0.29, 0.717) is 12.1 Å². The molecule has 0 fully saturated rings. The molecule has 2 rings (SSSR count). The minimum atomic E-state index is 0.315. The van der Waals surface area contributed by atoms with Gasteiger partial charge in [-0.3, -0.25) is 4.98 Å². The summed E-state index contributed by atoms with van der Waals surface area (Å²) in [6.45, 7) is 7.36. The molecule has 4 nitrogen and oxygen atoms in total. The Hall–Kier alpha value is -1.81. The van der Waals surface area contributed by atoms with Crippen LogP contribution in [-0.4, -0.2) is 30.7 Å². The minimum Gasteiger partial charge on any atom is -0.497 e. The van der Waals surface area contributed by atoms with Crippen LogP contribution in [0.25, 0.3) is 10.9 Å². The molecule has 1 unspecified atom stereocenters. The number of fused-ring (bicyclic) bond motifs is 1. The van der Waals surface area contributed by atoms with Gasteiger partial charge < -0.3 is 15.4 Å². The zero-order chi connectivity index (χ0) is 14.5. The second-order valence-corrected chi connectivity index (χ2v) is 5.36. The molecule has 0 aliphatic carbocycles. The van der Waals surface area contributed by atoms with E-state index >= 15 is 0 Å². The van der Waals surface area contributed by atoms with Crippen molar-refractivity contribution < 1.29 is 4.74 Å². The van der Waals surface area contributed by atoms with Gasteiger partial charge in [-0.1, -0.05) is 19.9 Å². The third-order valence-electron chi connectivity index (χ3n) is 3.15. The first-order valence-electron chi connectivity index (χ1n) is 7.03. The van der Waals surface area contributed by atoms with Crippen molar-refractivity contribution in [2.75, 3.05) is 19.0 Å². The van der Waals surface area contributed by atoms with E-state index in [1.807, 2.05) is 30.5 Å². The molecule has 0 radical (unpaired) electrons. The van der Waals surface area contributed by atoms with Crippen LogP contribution in [0.5, 0.6) is 5.75 Å². The Morgan fingerprint density at radius 3 is 2.75 bits per heavy atom. The first kappa shape index (κ1) is 14.6. The number of ether oxygens (including phenoxy) is 1. The maximum absolute atomic E-state index is 5.36. The van der Waals surface area contributed by atoms with E-state index in [1.165, 1.54) is 0 Å². The third-order valence-corrected chi connectivity index (χ3v) is 3.15. The Balaban J connectivity index is 2.23. The molecule has 1 heterocycles. The summed E-state index contributed by atoms with van der Waals surface area (Å²) in [6, 6.07) is 8.79. The van der Waals surface area contributed by atoms with E-state index in [0.717, 1.165) is 28.9 Å². The molecule has 1 aromatic carbocycles. The van der Waals surface area contributed by atoms with Gasteiger partial charge in [-0.05, 0) is 19.1 Å². The highest BCUT2D eigenvalue weighted by molar-refractivity contribution is 5.91. The first-order chi connectivity index (χ1) is 9.60. The number of nitrogens with zero attached hydrogens (tertiary/aromatic N) is 1. The summed E-state index contributed by atoms with van der Waals surface area (Å²) >= 11 is 0. The monoisotopic (exact) mass is 273 g/mol. The summed E-state index contributed by atoms with van der Waals surface area (Å²) in [4.78, 5) is 4.47. The third kappa shape index (κ3) is 3.61. The van der Waals surface area contributed by atoms with Crippen molar-refractivity contribution in [2.45, 2.75) is 32.9 Å². The zero-order valence-electron chi connectivity index (χ0n) is 12.6. The van der Waals surface area contributed by atoms with Crippen LogP contribution in [0.3, 0.4) is 0 Å². The molecule has 0 saturated heterocycles. The highest BCUT2D eigenvalue weighted by Gasteiger charge is 2.09. The molecule has 0 saturated carbocycles. The number of hydrogen-bond donors (Lipinski definition) is 2. The van der Waals surface area contributed by atoms with Crippen molar-refractivity contribution >= 4 is 16.6 Å². The number of anilines is 1. The number of benzene rings is 1. The van der Waals surface area contributed by atoms with Crippen molar-refractivity contribution in [3.05, 3.63) is 30.5 Å². The molecular weight excluding hydrogens is 250 g/mol. The van der Waals surface area contributed by atoms with Crippen LogP contribution < -0.4 is 15.4 Å². The van der Waals surface area contributed by atoms with Crippen LogP contribution in [0, 0.1) is 0 Å². The number of nitrogens with one attached hydrogen (secondary N) is 2. The lowest BCUT2D eigenvalue weighted by atomic mass is 10.1. The highest BCUT2D eigenvalue weighted by Crippen LogP contribution is 2.28. The van der Waals surface area contributed by atoms with E-state index in [2.05, 4.69) is 36.4 Å². The van der Waals surface area contributed by atoms with E-state index in [-0.39, 0.29) is 0 Å². The molecular formula is C16H23N3O.